The van der Waals surface area contributed by atoms with Crippen LogP contribution in [0.25, 0.3) is 10.9 Å². The fraction of sp³-hybridized carbons (Fsp3) is 0.304. The van der Waals surface area contributed by atoms with Gasteiger partial charge in [-0.3, -0.25) is 9.78 Å². The minimum Gasteiger partial charge on any atom is -0.350 e. The van der Waals surface area contributed by atoms with E-state index in [2.05, 4.69) is 29.4 Å². The maximum Gasteiger partial charge on any atom is 0.220 e. The summed E-state index contributed by atoms with van der Waals surface area (Å²) in [6, 6.07) is 17.3. The summed E-state index contributed by atoms with van der Waals surface area (Å²) in [5.41, 5.74) is 2.07. The molecule has 4 rings (SSSR count). The molecule has 0 spiro atoms. The van der Waals surface area contributed by atoms with Gasteiger partial charge >= 0.3 is 0 Å². The van der Waals surface area contributed by atoms with Crippen molar-refractivity contribution in [3.8, 4) is 0 Å². The van der Waals surface area contributed by atoms with Crippen molar-refractivity contribution in [2.24, 2.45) is 0 Å². The first-order valence-electron chi connectivity index (χ1n) is 9.37. The van der Waals surface area contributed by atoms with Crippen molar-refractivity contribution < 1.29 is 9.18 Å². The largest absolute Gasteiger partial charge is 0.350 e. The number of benzene rings is 2. The molecule has 1 aliphatic carbocycles. The second-order valence-corrected chi connectivity index (χ2v) is 7.69. The van der Waals surface area contributed by atoms with Crippen molar-refractivity contribution in [1.82, 2.24) is 10.3 Å². The second kappa shape index (κ2) is 6.45. The van der Waals surface area contributed by atoms with E-state index in [4.69, 9.17) is 0 Å². The molecular weight excluding hydrogens is 339 g/mol. The number of para-hydroxylation sites is 1. The van der Waals surface area contributed by atoms with Gasteiger partial charge in [0, 0.05) is 29.0 Å². The molecule has 1 amide bonds. The summed E-state index contributed by atoms with van der Waals surface area (Å²) in [5.74, 6) is -0.263. The molecule has 2 atom stereocenters. The third-order valence-electron chi connectivity index (χ3n) is 5.89. The molecular formula is C23H23FN2O. The highest BCUT2D eigenvalue weighted by molar-refractivity contribution is 5.81. The molecule has 3 nitrogen and oxygen atoms in total. The van der Waals surface area contributed by atoms with E-state index in [0.717, 1.165) is 23.8 Å². The molecule has 2 aromatic carbocycles. The molecule has 0 radical (unpaired) electrons. The van der Waals surface area contributed by atoms with Crippen LogP contribution in [-0.2, 0) is 16.6 Å². The van der Waals surface area contributed by atoms with E-state index in [0.29, 0.717) is 11.9 Å². The Morgan fingerprint density at radius 3 is 2.70 bits per heavy atom. The molecule has 0 bridgehead atoms. The molecule has 1 heterocycles. The summed E-state index contributed by atoms with van der Waals surface area (Å²) >= 11 is 0. The number of aromatic nitrogens is 1. The van der Waals surface area contributed by atoms with Crippen LogP contribution in [-0.4, -0.2) is 16.4 Å². The molecule has 0 aliphatic heterocycles. The third kappa shape index (κ3) is 2.99. The Kier molecular flexibility index (Phi) is 4.22. The number of carbonyl (C=O) groups excluding carboxylic acids is 1. The highest BCUT2D eigenvalue weighted by Gasteiger charge is 2.65. The first kappa shape index (κ1) is 17.7. The van der Waals surface area contributed by atoms with Crippen LogP contribution in [0, 0.1) is 5.82 Å². The summed E-state index contributed by atoms with van der Waals surface area (Å²) in [4.78, 5) is 16.5. The van der Waals surface area contributed by atoms with Gasteiger partial charge in [0.15, 0.2) is 0 Å². The van der Waals surface area contributed by atoms with Gasteiger partial charge in [0.2, 0.25) is 5.91 Å². The lowest BCUT2D eigenvalue weighted by atomic mass is 9.85. The Bertz CT molecular complexity index is 1000. The van der Waals surface area contributed by atoms with Crippen LogP contribution >= 0.6 is 0 Å². The minimum absolute atomic E-state index is 0.0484. The number of carbonyl (C=O) groups is 1. The van der Waals surface area contributed by atoms with Crippen molar-refractivity contribution in [3.63, 3.8) is 0 Å². The number of hydrogen-bond donors (Lipinski definition) is 1. The van der Waals surface area contributed by atoms with Crippen LogP contribution in [0.4, 0.5) is 4.39 Å². The van der Waals surface area contributed by atoms with E-state index in [9.17, 15) is 9.18 Å². The van der Waals surface area contributed by atoms with Crippen molar-refractivity contribution >= 4 is 16.8 Å². The maximum absolute atomic E-state index is 14.0. The molecule has 0 saturated heterocycles. The van der Waals surface area contributed by atoms with Crippen molar-refractivity contribution in [1.29, 1.82) is 0 Å². The van der Waals surface area contributed by atoms with Gasteiger partial charge < -0.3 is 5.32 Å². The van der Waals surface area contributed by atoms with Gasteiger partial charge in [0.05, 0.1) is 0 Å². The summed E-state index contributed by atoms with van der Waals surface area (Å²) in [5, 5.41) is 4.00. The lowest BCUT2D eigenvalue weighted by Gasteiger charge is -2.25. The number of amides is 1. The zero-order valence-electron chi connectivity index (χ0n) is 15.6. The second-order valence-electron chi connectivity index (χ2n) is 7.69. The van der Waals surface area contributed by atoms with Gasteiger partial charge in [0.1, 0.15) is 11.3 Å². The normalized spacial score (nSPS) is 24.0. The van der Waals surface area contributed by atoms with E-state index in [1.165, 1.54) is 11.6 Å². The van der Waals surface area contributed by atoms with Gasteiger partial charge in [-0.15, -0.1) is 0 Å². The highest BCUT2D eigenvalue weighted by Crippen LogP contribution is 2.59. The van der Waals surface area contributed by atoms with Crippen molar-refractivity contribution in [2.75, 3.05) is 0 Å². The van der Waals surface area contributed by atoms with Gasteiger partial charge in [-0.2, -0.15) is 0 Å². The minimum atomic E-state index is -0.335. The summed E-state index contributed by atoms with van der Waals surface area (Å²) in [6.07, 6.45) is 3.87. The predicted molar refractivity (Wildman–Crippen MR) is 105 cm³/mol. The van der Waals surface area contributed by atoms with Gasteiger partial charge in [-0.1, -0.05) is 49.4 Å². The molecule has 1 fully saturated rings. The number of nitrogens with one attached hydrogen (secondary N) is 1. The SMILES string of the molecule is CCC(=O)NC1(C)CC1(Cc1ccccc1)c1cnc2c(F)cccc2c1. The van der Waals surface area contributed by atoms with Crippen LogP contribution in [0.2, 0.25) is 0 Å². The van der Waals surface area contributed by atoms with E-state index in [-0.39, 0.29) is 22.7 Å². The van der Waals surface area contributed by atoms with Gasteiger partial charge in [0.25, 0.3) is 0 Å². The van der Waals surface area contributed by atoms with Gasteiger partial charge in [-0.05, 0) is 43.0 Å². The fourth-order valence-corrected chi connectivity index (χ4v) is 4.23. The van der Waals surface area contributed by atoms with Crippen molar-refractivity contribution in [2.45, 2.75) is 44.1 Å². The fourth-order valence-electron chi connectivity index (χ4n) is 4.23. The number of halogens is 1. The van der Waals surface area contributed by atoms with Crippen LogP contribution in [0.3, 0.4) is 0 Å². The average Bonchev–Trinajstić information content (AvgIpc) is 3.26. The molecule has 138 valence electrons. The quantitative estimate of drug-likeness (QED) is 0.724. The topological polar surface area (TPSA) is 42.0 Å². The smallest absolute Gasteiger partial charge is 0.220 e. The van der Waals surface area contributed by atoms with E-state index in [1.54, 1.807) is 12.3 Å². The highest BCUT2D eigenvalue weighted by atomic mass is 19.1. The zero-order valence-corrected chi connectivity index (χ0v) is 15.6. The third-order valence-corrected chi connectivity index (χ3v) is 5.89. The van der Waals surface area contributed by atoms with E-state index < -0.39 is 0 Å². The Labute approximate surface area is 158 Å². The molecule has 4 heteroatoms. The molecule has 1 aromatic heterocycles. The maximum atomic E-state index is 14.0. The van der Waals surface area contributed by atoms with Crippen LogP contribution < -0.4 is 5.32 Å². The van der Waals surface area contributed by atoms with Crippen molar-refractivity contribution in [3.05, 3.63) is 77.7 Å². The predicted octanol–water partition coefficient (Wildman–Crippen LogP) is 4.54. The average molecular weight is 362 g/mol. The first-order chi connectivity index (χ1) is 13.0. The molecule has 2 unspecified atom stereocenters. The monoisotopic (exact) mass is 362 g/mol. The Morgan fingerprint density at radius 2 is 1.96 bits per heavy atom. The molecule has 27 heavy (non-hydrogen) atoms. The molecule has 1 N–H and O–H groups in total. The van der Waals surface area contributed by atoms with Crippen LogP contribution in [0.15, 0.2) is 60.8 Å². The van der Waals surface area contributed by atoms with Gasteiger partial charge in [-0.25, -0.2) is 4.39 Å². The number of nitrogens with zero attached hydrogens (tertiary/aromatic N) is 1. The zero-order chi connectivity index (χ0) is 19.1. The lowest BCUT2D eigenvalue weighted by Crippen LogP contribution is -2.41. The Hall–Kier alpha value is -2.75. The summed E-state index contributed by atoms with van der Waals surface area (Å²) < 4.78 is 14.0. The summed E-state index contributed by atoms with van der Waals surface area (Å²) in [7, 11) is 0. The summed E-state index contributed by atoms with van der Waals surface area (Å²) in [6.45, 7) is 3.96. The molecule has 1 saturated carbocycles. The van der Waals surface area contributed by atoms with E-state index in [1.807, 2.05) is 37.3 Å². The van der Waals surface area contributed by atoms with Crippen LogP contribution in [0.5, 0.6) is 0 Å². The Balaban J connectivity index is 1.78. The first-order valence-corrected chi connectivity index (χ1v) is 9.37. The number of fused-ring (bicyclic) bond motifs is 1. The Morgan fingerprint density at radius 1 is 1.19 bits per heavy atom. The molecule has 1 aliphatic rings. The lowest BCUT2D eigenvalue weighted by molar-refractivity contribution is -0.121. The molecule has 3 aromatic rings. The number of pyridine rings is 1. The number of rotatable bonds is 5. The van der Waals surface area contributed by atoms with E-state index >= 15 is 0 Å². The number of hydrogen-bond acceptors (Lipinski definition) is 2. The standard InChI is InChI=1S/C23H23FN2O/c1-3-20(27)26-22(2)15-23(22,13-16-8-5-4-6-9-16)18-12-17-10-7-11-19(24)21(17)25-14-18/h4-12,14H,3,13,15H2,1-2H3,(H,26,27). The van der Waals surface area contributed by atoms with Crippen LogP contribution in [0.1, 0.15) is 37.8 Å².